The molecule has 0 saturated carbocycles. The van der Waals surface area contributed by atoms with Crippen molar-refractivity contribution in [2.45, 2.75) is 0 Å². The number of anilines is 3. The number of hydrogen-bond donors (Lipinski definition) is 0. The second-order valence-electron chi connectivity index (χ2n) is 10.6. The summed E-state index contributed by atoms with van der Waals surface area (Å²) in [4.78, 5) is 2.32. The zero-order valence-electron chi connectivity index (χ0n) is 22.5. The van der Waals surface area contributed by atoms with Crippen molar-refractivity contribution < 1.29 is 8.83 Å². The fraction of sp³-hybridized carbons (Fsp3) is 0. The minimum absolute atomic E-state index is 0.807. The molecule has 0 aliphatic carbocycles. The lowest BCUT2D eigenvalue weighted by Crippen LogP contribution is -2.09. The molecular weight excluding hydrogens is 534 g/mol. The summed E-state index contributed by atoms with van der Waals surface area (Å²) in [6.45, 7) is 0. The molecule has 0 unspecified atom stereocenters. The van der Waals surface area contributed by atoms with Crippen LogP contribution in [0.25, 0.3) is 64.4 Å². The maximum Gasteiger partial charge on any atom is 0.181 e. The highest BCUT2D eigenvalue weighted by Crippen LogP contribution is 2.42. The molecule has 6 aromatic carbocycles. The molecule has 0 N–H and O–H groups in total. The molecular formula is C38H23NO2S. The van der Waals surface area contributed by atoms with Crippen LogP contribution in [0.1, 0.15) is 0 Å². The largest absolute Gasteiger partial charge is 0.452 e. The second-order valence-corrected chi connectivity index (χ2v) is 11.6. The highest BCUT2D eigenvalue weighted by molar-refractivity contribution is 7.25. The first-order chi connectivity index (χ1) is 20.8. The molecule has 0 aliphatic heterocycles. The van der Waals surface area contributed by atoms with Gasteiger partial charge < -0.3 is 13.7 Å². The number of para-hydroxylation sites is 2. The van der Waals surface area contributed by atoms with Gasteiger partial charge in [0.15, 0.2) is 11.2 Å². The van der Waals surface area contributed by atoms with Crippen LogP contribution in [-0.2, 0) is 0 Å². The molecule has 3 nitrogen and oxygen atoms in total. The number of hydrogen-bond acceptors (Lipinski definition) is 4. The number of fused-ring (bicyclic) bond motifs is 8. The Morgan fingerprint density at radius 1 is 0.405 bits per heavy atom. The highest BCUT2D eigenvalue weighted by atomic mass is 32.1. The fourth-order valence-corrected chi connectivity index (χ4v) is 7.15. The molecule has 0 aliphatic rings. The van der Waals surface area contributed by atoms with E-state index >= 15 is 0 Å². The normalized spacial score (nSPS) is 11.8. The fourth-order valence-electron chi connectivity index (χ4n) is 6.06. The molecule has 0 saturated heterocycles. The predicted octanol–water partition coefficient (Wildman–Crippen LogP) is 11.8. The highest BCUT2D eigenvalue weighted by Gasteiger charge is 2.17. The summed E-state index contributed by atoms with van der Waals surface area (Å²) < 4.78 is 15.0. The average Bonchev–Trinajstić information content (AvgIpc) is 3.71. The number of rotatable bonds is 4. The van der Waals surface area contributed by atoms with E-state index in [4.69, 9.17) is 8.83 Å². The zero-order chi connectivity index (χ0) is 27.6. The Labute approximate surface area is 245 Å². The Bertz CT molecular complexity index is 2410. The molecule has 198 valence electrons. The van der Waals surface area contributed by atoms with Gasteiger partial charge in [-0.2, -0.15) is 0 Å². The summed E-state index contributed by atoms with van der Waals surface area (Å²) in [5, 5.41) is 4.59. The van der Waals surface area contributed by atoms with E-state index in [-0.39, 0.29) is 0 Å². The van der Waals surface area contributed by atoms with Gasteiger partial charge in [-0.1, -0.05) is 66.7 Å². The van der Waals surface area contributed by atoms with Gasteiger partial charge in [-0.05, 0) is 83.9 Å². The maximum absolute atomic E-state index is 6.30. The smallest absolute Gasteiger partial charge is 0.181 e. The standard InChI is InChI=1S/C38H23NO2S/c1-2-8-26(9-3-1)39(28-19-21-36-32(23-28)29-10-5-7-13-35(29)42-36)27-17-14-24(15-18-27)25-16-20-31-34(22-25)41-37-30-11-4-6-12-33(30)40-38(31)37/h1-23H. The molecule has 3 aromatic heterocycles. The van der Waals surface area contributed by atoms with Crippen molar-refractivity contribution >= 4 is 81.7 Å². The second kappa shape index (κ2) is 9.10. The molecule has 9 rings (SSSR count). The molecule has 0 fully saturated rings. The van der Waals surface area contributed by atoms with Gasteiger partial charge in [0.25, 0.3) is 0 Å². The zero-order valence-corrected chi connectivity index (χ0v) is 23.3. The van der Waals surface area contributed by atoms with Crippen LogP contribution < -0.4 is 4.90 Å². The Morgan fingerprint density at radius 2 is 1.02 bits per heavy atom. The van der Waals surface area contributed by atoms with E-state index in [1.165, 1.54) is 20.2 Å². The van der Waals surface area contributed by atoms with E-state index < -0.39 is 0 Å². The number of benzene rings is 6. The number of thiophene rings is 1. The number of nitrogens with zero attached hydrogens (tertiary/aromatic N) is 1. The van der Waals surface area contributed by atoms with Gasteiger partial charge in [-0.15, -0.1) is 11.3 Å². The van der Waals surface area contributed by atoms with Crippen molar-refractivity contribution in [1.82, 2.24) is 0 Å². The van der Waals surface area contributed by atoms with Crippen molar-refractivity contribution in [2.24, 2.45) is 0 Å². The van der Waals surface area contributed by atoms with Crippen LogP contribution in [0.5, 0.6) is 0 Å². The third kappa shape index (κ3) is 3.59. The van der Waals surface area contributed by atoms with E-state index in [0.717, 1.165) is 61.3 Å². The van der Waals surface area contributed by atoms with E-state index in [1.807, 2.05) is 35.6 Å². The van der Waals surface area contributed by atoms with Gasteiger partial charge in [0.2, 0.25) is 0 Å². The first kappa shape index (κ1) is 23.4. The van der Waals surface area contributed by atoms with Crippen LogP contribution in [-0.4, -0.2) is 0 Å². The Kier molecular flexibility index (Phi) is 5.07. The van der Waals surface area contributed by atoms with Gasteiger partial charge in [0.1, 0.15) is 11.2 Å². The van der Waals surface area contributed by atoms with Crippen molar-refractivity contribution in [1.29, 1.82) is 0 Å². The van der Waals surface area contributed by atoms with Crippen LogP contribution >= 0.6 is 11.3 Å². The minimum atomic E-state index is 0.807. The van der Waals surface area contributed by atoms with E-state index in [2.05, 4.69) is 120 Å². The van der Waals surface area contributed by atoms with Crippen molar-refractivity contribution in [3.8, 4) is 11.1 Å². The molecule has 0 atom stereocenters. The summed E-state index contributed by atoms with van der Waals surface area (Å²) in [7, 11) is 0. The molecule has 9 aromatic rings. The van der Waals surface area contributed by atoms with E-state index in [0.29, 0.717) is 0 Å². The van der Waals surface area contributed by atoms with Crippen LogP contribution in [0.2, 0.25) is 0 Å². The first-order valence-electron chi connectivity index (χ1n) is 14.0. The van der Waals surface area contributed by atoms with Gasteiger partial charge in [-0.25, -0.2) is 0 Å². The third-order valence-corrected chi connectivity index (χ3v) is 9.23. The molecule has 0 radical (unpaired) electrons. The summed E-state index contributed by atoms with van der Waals surface area (Å²) in [6, 6.07) is 49.1. The third-order valence-electron chi connectivity index (χ3n) is 8.08. The SMILES string of the molecule is c1ccc(N(c2ccc(-c3ccc4c(c3)oc3c5ccccc5oc43)cc2)c2ccc3sc4ccccc4c3c2)cc1. The molecule has 3 heterocycles. The maximum atomic E-state index is 6.30. The summed E-state index contributed by atoms with van der Waals surface area (Å²) in [6.07, 6.45) is 0. The molecule has 4 heteroatoms. The topological polar surface area (TPSA) is 29.5 Å². The summed E-state index contributed by atoms with van der Waals surface area (Å²) in [5.41, 5.74) is 8.89. The molecule has 0 bridgehead atoms. The first-order valence-corrected chi connectivity index (χ1v) is 14.8. The predicted molar refractivity (Wildman–Crippen MR) is 176 cm³/mol. The Hall–Kier alpha value is -5.32. The van der Waals surface area contributed by atoms with Gasteiger partial charge in [0.05, 0.1) is 10.8 Å². The van der Waals surface area contributed by atoms with Crippen molar-refractivity contribution in [2.75, 3.05) is 4.90 Å². The monoisotopic (exact) mass is 557 g/mol. The van der Waals surface area contributed by atoms with Crippen LogP contribution in [0.15, 0.2) is 148 Å². The summed E-state index contributed by atoms with van der Waals surface area (Å²) >= 11 is 1.84. The van der Waals surface area contributed by atoms with E-state index in [9.17, 15) is 0 Å². The van der Waals surface area contributed by atoms with Crippen LogP contribution in [0, 0.1) is 0 Å². The molecule has 0 amide bonds. The lowest BCUT2D eigenvalue weighted by atomic mass is 10.0. The number of furan rings is 2. The quantitative estimate of drug-likeness (QED) is 0.215. The van der Waals surface area contributed by atoms with Gasteiger partial charge in [-0.3, -0.25) is 0 Å². The van der Waals surface area contributed by atoms with Gasteiger partial charge >= 0.3 is 0 Å². The lowest BCUT2D eigenvalue weighted by Gasteiger charge is -2.25. The van der Waals surface area contributed by atoms with Crippen LogP contribution in [0.4, 0.5) is 17.1 Å². The molecule has 42 heavy (non-hydrogen) atoms. The van der Waals surface area contributed by atoms with Gasteiger partial charge in [0, 0.05) is 37.2 Å². The minimum Gasteiger partial charge on any atom is -0.452 e. The van der Waals surface area contributed by atoms with Crippen molar-refractivity contribution in [3.63, 3.8) is 0 Å². The average molecular weight is 558 g/mol. The van der Waals surface area contributed by atoms with Crippen molar-refractivity contribution in [3.05, 3.63) is 140 Å². The van der Waals surface area contributed by atoms with Crippen LogP contribution in [0.3, 0.4) is 0 Å². The Balaban J connectivity index is 1.13. The molecule has 0 spiro atoms. The Morgan fingerprint density at radius 3 is 1.88 bits per heavy atom. The lowest BCUT2D eigenvalue weighted by molar-refractivity contribution is 0.653. The van der Waals surface area contributed by atoms with E-state index in [1.54, 1.807) is 0 Å². The summed E-state index contributed by atoms with van der Waals surface area (Å²) in [5.74, 6) is 0.